The molecule has 42 heavy (non-hydrogen) atoms. The molecule has 3 aromatic rings. The van der Waals surface area contributed by atoms with E-state index in [-0.39, 0.29) is 6.04 Å². The van der Waals surface area contributed by atoms with Crippen LogP contribution in [0.4, 0.5) is 0 Å². The van der Waals surface area contributed by atoms with E-state index in [0.717, 1.165) is 51.9 Å². The molecule has 2 aliphatic heterocycles. The number of hydrogen-bond acceptors (Lipinski definition) is 4. The number of piperidine rings is 1. The Bertz CT molecular complexity index is 1150. The van der Waals surface area contributed by atoms with Crippen LogP contribution in [0.2, 0.25) is 0 Å². The molecule has 3 heterocycles. The van der Waals surface area contributed by atoms with Crippen molar-refractivity contribution in [2.75, 3.05) is 26.2 Å². The van der Waals surface area contributed by atoms with Gasteiger partial charge in [-0.15, -0.1) is 0 Å². The number of aromatic nitrogens is 2. The predicted molar refractivity (Wildman–Crippen MR) is 172 cm³/mol. The van der Waals surface area contributed by atoms with Crippen molar-refractivity contribution in [3.63, 3.8) is 0 Å². The maximum Gasteiger partial charge on any atom is 0.321 e. The molecule has 6 rings (SSSR count). The first-order valence-electron chi connectivity index (χ1n) is 16.4. The molecule has 6 nitrogen and oxygen atoms in total. The van der Waals surface area contributed by atoms with E-state index in [9.17, 15) is 9.90 Å². The van der Waals surface area contributed by atoms with Gasteiger partial charge in [-0.05, 0) is 80.3 Å². The average Bonchev–Trinajstić information content (AvgIpc) is 3.70. The Balaban J connectivity index is 0.000000178. The van der Waals surface area contributed by atoms with Gasteiger partial charge in [0.25, 0.3) is 0 Å². The third-order valence-electron chi connectivity index (χ3n) is 8.97. The number of aliphatic carboxylic acids is 1. The van der Waals surface area contributed by atoms with E-state index < -0.39 is 5.97 Å². The summed E-state index contributed by atoms with van der Waals surface area (Å²) in [5, 5.41) is 20.6. The molecule has 0 unspecified atom stereocenters. The second kappa shape index (κ2) is 17.2. The number of hydrogen-bond donors (Lipinski definition) is 3. The Morgan fingerprint density at radius 1 is 0.905 bits per heavy atom. The molecule has 1 saturated carbocycles. The van der Waals surface area contributed by atoms with Crippen LogP contribution in [0.5, 0.6) is 0 Å². The van der Waals surface area contributed by atoms with Crippen LogP contribution >= 0.6 is 0 Å². The molecule has 3 N–H and O–H groups in total. The third kappa shape index (κ3) is 9.27. The Hall–Kier alpha value is -2.96. The van der Waals surface area contributed by atoms with Crippen LogP contribution in [0.25, 0.3) is 0 Å². The van der Waals surface area contributed by atoms with E-state index >= 15 is 0 Å². The first-order chi connectivity index (χ1) is 20.6. The molecule has 0 radical (unpaired) electrons. The highest BCUT2D eigenvalue weighted by Crippen LogP contribution is 2.34. The fraction of sp³-hybridized carbons (Fsp3) is 0.556. The summed E-state index contributed by atoms with van der Waals surface area (Å²) in [4.78, 5) is 14.0. The minimum Gasteiger partial charge on any atom is -0.480 e. The molecule has 1 aromatic heterocycles. The van der Waals surface area contributed by atoms with Crippen LogP contribution in [-0.4, -0.2) is 58.4 Å². The van der Waals surface area contributed by atoms with Crippen molar-refractivity contribution < 1.29 is 9.90 Å². The Morgan fingerprint density at radius 3 is 2.19 bits per heavy atom. The minimum atomic E-state index is -0.615. The van der Waals surface area contributed by atoms with E-state index in [0.29, 0.717) is 17.8 Å². The van der Waals surface area contributed by atoms with Crippen LogP contribution in [-0.2, 0) is 11.2 Å². The largest absolute Gasteiger partial charge is 0.480 e. The van der Waals surface area contributed by atoms with Gasteiger partial charge in [0, 0.05) is 24.6 Å². The van der Waals surface area contributed by atoms with Gasteiger partial charge < -0.3 is 10.4 Å². The number of benzene rings is 2. The number of carboxylic acid groups (broad SMARTS) is 1. The van der Waals surface area contributed by atoms with Gasteiger partial charge in [0.2, 0.25) is 0 Å². The van der Waals surface area contributed by atoms with Crippen molar-refractivity contribution in [3.05, 3.63) is 89.2 Å². The van der Waals surface area contributed by atoms with E-state index in [1.165, 1.54) is 60.9 Å². The molecule has 3 aliphatic rings. The van der Waals surface area contributed by atoms with Gasteiger partial charge in [0.1, 0.15) is 6.04 Å². The maximum atomic E-state index is 11.8. The van der Waals surface area contributed by atoms with E-state index in [2.05, 4.69) is 88.9 Å². The number of carboxylic acids is 1. The number of carbonyl (C=O) groups is 1. The molecular weight excluding hydrogens is 520 g/mol. The molecule has 6 heteroatoms. The smallest absolute Gasteiger partial charge is 0.321 e. The Labute approximate surface area is 253 Å². The zero-order valence-corrected chi connectivity index (χ0v) is 25.8. The van der Waals surface area contributed by atoms with Crippen LogP contribution in [0.1, 0.15) is 106 Å². The second-order valence-electron chi connectivity index (χ2n) is 12.3. The van der Waals surface area contributed by atoms with Crippen molar-refractivity contribution in [2.45, 2.75) is 95.9 Å². The quantitative estimate of drug-likeness (QED) is 0.275. The second-order valence-corrected chi connectivity index (χ2v) is 12.3. The minimum absolute atomic E-state index is 0.265. The standard InChI is InChI=1S/C18H25NO2.C15H19N3.C3H8/c20-18(21)17(15-9-5-2-6-10-15)19-12-11-16(13-19)14-7-3-1-4-8-14;1-2-4-12(5-3-1)10-14-11-17-18-15(14)13-6-8-16-9-7-13;1-3-2/h1,3-4,7-8,15-17H,2,5-6,9-13H2,(H,20,21);1-5,11,13,16H,6-10H2,(H,17,18);3H2,1-2H3/t16-,17-;;/m1../s1. The summed E-state index contributed by atoms with van der Waals surface area (Å²) in [6, 6.07) is 20.9. The Morgan fingerprint density at radius 2 is 1.55 bits per heavy atom. The molecular formula is C36H52N4O2. The predicted octanol–water partition coefficient (Wildman–Crippen LogP) is 7.39. The van der Waals surface area contributed by atoms with Crippen LogP contribution in [0, 0.1) is 5.92 Å². The van der Waals surface area contributed by atoms with E-state index in [1.54, 1.807) is 0 Å². The van der Waals surface area contributed by atoms with Crippen LogP contribution in [0.15, 0.2) is 66.9 Å². The topological polar surface area (TPSA) is 81.2 Å². The van der Waals surface area contributed by atoms with Crippen molar-refractivity contribution >= 4 is 5.97 Å². The van der Waals surface area contributed by atoms with Gasteiger partial charge in [0.15, 0.2) is 0 Å². The monoisotopic (exact) mass is 572 g/mol. The molecule has 3 fully saturated rings. The number of H-pyrrole nitrogens is 1. The third-order valence-corrected chi connectivity index (χ3v) is 8.97. The maximum absolute atomic E-state index is 11.8. The van der Waals surface area contributed by atoms with Gasteiger partial charge in [-0.25, -0.2) is 0 Å². The average molecular weight is 573 g/mol. The van der Waals surface area contributed by atoms with Gasteiger partial charge in [-0.3, -0.25) is 14.8 Å². The zero-order valence-electron chi connectivity index (χ0n) is 25.8. The van der Waals surface area contributed by atoms with Crippen LogP contribution < -0.4 is 5.32 Å². The highest BCUT2D eigenvalue weighted by atomic mass is 16.4. The van der Waals surface area contributed by atoms with Gasteiger partial charge in [-0.2, -0.15) is 5.10 Å². The Kier molecular flexibility index (Phi) is 13.1. The summed E-state index contributed by atoms with van der Waals surface area (Å²) in [7, 11) is 0. The fourth-order valence-electron chi connectivity index (χ4n) is 6.88. The summed E-state index contributed by atoms with van der Waals surface area (Å²) in [5.74, 6) is 0.880. The number of likely N-dealkylation sites (tertiary alicyclic amines) is 1. The molecule has 2 aromatic carbocycles. The highest BCUT2D eigenvalue weighted by Gasteiger charge is 2.38. The summed E-state index contributed by atoms with van der Waals surface area (Å²) < 4.78 is 0. The van der Waals surface area contributed by atoms with Crippen LogP contribution in [0.3, 0.4) is 0 Å². The first-order valence-corrected chi connectivity index (χ1v) is 16.4. The molecule has 0 amide bonds. The van der Waals surface area contributed by atoms with Crippen molar-refractivity contribution in [1.29, 1.82) is 0 Å². The SMILES string of the molecule is CCC.O=C(O)[C@@H](C1CCCCC1)N1CC[C@@H](c2ccccc2)C1.c1ccc(Cc2cn[nH]c2C2CCNCC2)cc1. The number of aromatic amines is 1. The van der Waals surface area contributed by atoms with Crippen molar-refractivity contribution in [3.8, 4) is 0 Å². The molecule has 2 atom stereocenters. The fourth-order valence-corrected chi connectivity index (χ4v) is 6.88. The van der Waals surface area contributed by atoms with Crippen molar-refractivity contribution in [2.24, 2.45) is 5.92 Å². The molecule has 2 saturated heterocycles. The molecule has 0 spiro atoms. The summed E-state index contributed by atoms with van der Waals surface area (Å²) in [5.41, 5.74) is 5.41. The van der Waals surface area contributed by atoms with E-state index in [4.69, 9.17) is 0 Å². The lowest BCUT2D eigenvalue weighted by Crippen LogP contribution is -2.45. The van der Waals surface area contributed by atoms with E-state index in [1.807, 2.05) is 12.3 Å². The number of nitrogens with zero attached hydrogens (tertiary/aromatic N) is 2. The van der Waals surface area contributed by atoms with Gasteiger partial charge in [-0.1, -0.05) is 100 Å². The normalized spacial score (nSPS) is 20.6. The molecule has 1 aliphatic carbocycles. The molecule has 0 bridgehead atoms. The molecule has 228 valence electrons. The van der Waals surface area contributed by atoms with Gasteiger partial charge in [0.05, 0.1) is 6.20 Å². The summed E-state index contributed by atoms with van der Waals surface area (Å²) in [6.45, 7) is 8.31. The zero-order chi connectivity index (χ0) is 29.6. The van der Waals surface area contributed by atoms with Crippen molar-refractivity contribution in [1.82, 2.24) is 20.4 Å². The highest BCUT2D eigenvalue weighted by molar-refractivity contribution is 5.74. The lowest BCUT2D eigenvalue weighted by molar-refractivity contribution is -0.145. The summed E-state index contributed by atoms with van der Waals surface area (Å²) in [6.07, 6.45) is 13.6. The number of rotatable bonds is 7. The first kappa shape index (κ1) is 32.0. The lowest BCUT2D eigenvalue weighted by Gasteiger charge is -2.33. The lowest BCUT2D eigenvalue weighted by atomic mass is 9.83. The number of nitrogens with one attached hydrogen (secondary N) is 2. The van der Waals surface area contributed by atoms with Gasteiger partial charge >= 0.3 is 5.97 Å². The summed E-state index contributed by atoms with van der Waals surface area (Å²) >= 11 is 0.